The molecule has 1 amide bonds. The largest absolute Gasteiger partial charge is 0.380 e. The number of hydrogen-bond acceptors (Lipinski definition) is 4. The van der Waals surface area contributed by atoms with Gasteiger partial charge in [0.25, 0.3) is 0 Å². The van der Waals surface area contributed by atoms with Gasteiger partial charge >= 0.3 is 0 Å². The normalized spacial score (nSPS) is 12.0. The molecule has 0 aliphatic rings. The third kappa shape index (κ3) is 5.53. The van der Waals surface area contributed by atoms with Crippen molar-refractivity contribution in [3.05, 3.63) is 59.1 Å². The van der Waals surface area contributed by atoms with Gasteiger partial charge in [-0.1, -0.05) is 35.6 Å². The lowest BCUT2D eigenvalue weighted by Crippen LogP contribution is -2.20. The summed E-state index contributed by atoms with van der Waals surface area (Å²) in [5.41, 5.74) is 0.485. The van der Waals surface area contributed by atoms with Crippen LogP contribution in [0.25, 0.3) is 10.2 Å². The molecule has 2 aromatic carbocycles. The standard InChI is InChI=1S/C21H23FN2O2S2/c1-2-26-14-13-24-20-17(22)10-6-11-18(20)28-21(24)23-19(25)12-7-15-27-16-8-4-3-5-9-16/h3-6,8-11H,2,7,12-15H2,1H3. The van der Waals surface area contributed by atoms with Gasteiger partial charge in [0.1, 0.15) is 5.82 Å². The Morgan fingerprint density at radius 1 is 1.21 bits per heavy atom. The fraction of sp³-hybridized carbons (Fsp3) is 0.333. The molecular weight excluding hydrogens is 395 g/mol. The van der Waals surface area contributed by atoms with E-state index < -0.39 is 0 Å². The second-order valence-corrected chi connectivity index (χ2v) is 8.27. The molecule has 7 heteroatoms. The van der Waals surface area contributed by atoms with Gasteiger partial charge in [0.15, 0.2) is 4.80 Å². The first-order valence-electron chi connectivity index (χ1n) is 9.30. The van der Waals surface area contributed by atoms with E-state index in [1.807, 2.05) is 31.2 Å². The second-order valence-electron chi connectivity index (χ2n) is 6.09. The van der Waals surface area contributed by atoms with Gasteiger partial charge in [-0.15, -0.1) is 11.8 Å². The maximum absolute atomic E-state index is 14.3. The first-order valence-corrected chi connectivity index (χ1v) is 11.1. The van der Waals surface area contributed by atoms with Crippen LogP contribution in [0.3, 0.4) is 0 Å². The highest BCUT2D eigenvalue weighted by Crippen LogP contribution is 2.21. The van der Waals surface area contributed by atoms with Crippen LogP contribution in [0.1, 0.15) is 19.8 Å². The zero-order valence-corrected chi connectivity index (χ0v) is 17.4. The lowest BCUT2D eigenvalue weighted by atomic mass is 10.3. The van der Waals surface area contributed by atoms with Crippen molar-refractivity contribution in [2.45, 2.75) is 31.2 Å². The third-order valence-corrected chi connectivity index (χ3v) is 6.22. The van der Waals surface area contributed by atoms with Gasteiger partial charge in [-0.25, -0.2) is 4.39 Å². The number of ether oxygens (including phenoxy) is 1. The van der Waals surface area contributed by atoms with Crippen LogP contribution >= 0.6 is 23.1 Å². The Bertz CT molecular complexity index is 983. The maximum atomic E-state index is 14.3. The lowest BCUT2D eigenvalue weighted by Gasteiger charge is -2.06. The van der Waals surface area contributed by atoms with Crippen LogP contribution in [0.4, 0.5) is 4.39 Å². The molecule has 4 nitrogen and oxygen atoms in total. The first kappa shape index (κ1) is 20.8. The van der Waals surface area contributed by atoms with Crippen LogP contribution in [0, 0.1) is 5.82 Å². The van der Waals surface area contributed by atoms with Crippen molar-refractivity contribution in [1.29, 1.82) is 0 Å². The van der Waals surface area contributed by atoms with E-state index in [2.05, 4.69) is 17.1 Å². The van der Waals surface area contributed by atoms with Crippen molar-refractivity contribution in [2.24, 2.45) is 4.99 Å². The van der Waals surface area contributed by atoms with Crippen LogP contribution in [-0.4, -0.2) is 29.4 Å². The van der Waals surface area contributed by atoms with Gasteiger partial charge in [0, 0.05) is 24.5 Å². The summed E-state index contributed by atoms with van der Waals surface area (Å²) >= 11 is 3.06. The topological polar surface area (TPSA) is 43.6 Å². The number of benzene rings is 2. The molecule has 0 N–H and O–H groups in total. The number of carbonyl (C=O) groups excluding carboxylic acids is 1. The van der Waals surface area contributed by atoms with E-state index in [1.54, 1.807) is 22.4 Å². The highest BCUT2D eigenvalue weighted by Gasteiger charge is 2.11. The van der Waals surface area contributed by atoms with E-state index in [4.69, 9.17) is 4.74 Å². The number of thiazole rings is 1. The lowest BCUT2D eigenvalue weighted by molar-refractivity contribution is -0.118. The molecule has 0 aliphatic carbocycles. The molecule has 0 aliphatic heterocycles. The SMILES string of the molecule is CCOCCn1c(=NC(=O)CCCSc2ccccc2)sc2cccc(F)c21. The average Bonchev–Trinajstić information content (AvgIpc) is 3.05. The third-order valence-electron chi connectivity index (χ3n) is 4.08. The summed E-state index contributed by atoms with van der Waals surface area (Å²) in [5.74, 6) is 0.376. The van der Waals surface area contributed by atoms with Gasteiger partial charge in [0.2, 0.25) is 5.91 Å². The molecule has 1 heterocycles. The molecule has 3 rings (SSSR count). The number of carbonyl (C=O) groups is 1. The molecule has 0 atom stereocenters. The van der Waals surface area contributed by atoms with Crippen LogP contribution in [-0.2, 0) is 16.1 Å². The maximum Gasteiger partial charge on any atom is 0.248 e. The Labute approximate surface area is 172 Å². The van der Waals surface area contributed by atoms with Gasteiger partial charge in [-0.3, -0.25) is 4.79 Å². The van der Waals surface area contributed by atoms with Crippen LogP contribution in [0.15, 0.2) is 58.4 Å². The van der Waals surface area contributed by atoms with Gasteiger partial charge in [-0.05, 0) is 43.4 Å². The minimum absolute atomic E-state index is 0.175. The smallest absolute Gasteiger partial charge is 0.248 e. The summed E-state index contributed by atoms with van der Waals surface area (Å²) in [4.78, 5) is 18.4. The second kappa shape index (κ2) is 10.5. The zero-order chi connectivity index (χ0) is 19.8. The average molecular weight is 419 g/mol. The molecule has 3 aromatic rings. The summed E-state index contributed by atoms with van der Waals surface area (Å²) in [6.45, 7) is 3.42. The molecule has 0 saturated heterocycles. The molecule has 1 aromatic heterocycles. The van der Waals surface area contributed by atoms with Crippen LogP contribution in [0.5, 0.6) is 0 Å². The fourth-order valence-corrected chi connectivity index (χ4v) is 4.73. The van der Waals surface area contributed by atoms with Crippen molar-refractivity contribution in [1.82, 2.24) is 4.57 Å². The molecule has 28 heavy (non-hydrogen) atoms. The minimum atomic E-state index is -0.307. The molecule has 148 valence electrons. The Hall–Kier alpha value is -1.96. The van der Waals surface area contributed by atoms with Gasteiger partial charge < -0.3 is 9.30 Å². The summed E-state index contributed by atoms with van der Waals surface area (Å²) in [7, 11) is 0. The number of rotatable bonds is 9. The molecule has 0 bridgehead atoms. The Balaban J connectivity index is 1.70. The highest BCUT2D eigenvalue weighted by molar-refractivity contribution is 7.99. The molecule has 0 fully saturated rings. The Morgan fingerprint density at radius 2 is 2.04 bits per heavy atom. The van der Waals surface area contributed by atoms with Gasteiger partial charge in [-0.2, -0.15) is 4.99 Å². The highest BCUT2D eigenvalue weighted by atomic mass is 32.2. The monoisotopic (exact) mass is 418 g/mol. The summed E-state index contributed by atoms with van der Waals surface area (Å²) in [6.07, 6.45) is 1.13. The van der Waals surface area contributed by atoms with Crippen molar-refractivity contribution in [2.75, 3.05) is 19.0 Å². The van der Waals surface area contributed by atoms with Crippen LogP contribution < -0.4 is 4.80 Å². The summed E-state index contributed by atoms with van der Waals surface area (Å²) in [6, 6.07) is 15.1. The predicted molar refractivity (Wildman–Crippen MR) is 113 cm³/mol. The number of thioether (sulfide) groups is 1. The number of aromatic nitrogens is 1. The fourth-order valence-electron chi connectivity index (χ4n) is 2.77. The summed E-state index contributed by atoms with van der Waals surface area (Å²) < 4.78 is 22.3. The van der Waals surface area contributed by atoms with E-state index in [1.165, 1.54) is 22.3 Å². The number of amides is 1. The van der Waals surface area contributed by atoms with E-state index >= 15 is 0 Å². The van der Waals surface area contributed by atoms with Crippen molar-refractivity contribution < 1.29 is 13.9 Å². The van der Waals surface area contributed by atoms with Crippen molar-refractivity contribution in [3.8, 4) is 0 Å². The Morgan fingerprint density at radius 3 is 2.82 bits per heavy atom. The predicted octanol–water partition coefficient (Wildman–Crippen LogP) is 4.88. The quantitative estimate of drug-likeness (QED) is 0.367. The van der Waals surface area contributed by atoms with E-state index in [9.17, 15) is 9.18 Å². The molecule has 0 radical (unpaired) electrons. The Kier molecular flexibility index (Phi) is 7.82. The molecular formula is C21H23FN2O2S2. The summed E-state index contributed by atoms with van der Waals surface area (Å²) in [5, 5.41) is 0. The molecule has 0 saturated carbocycles. The molecule has 0 spiro atoms. The van der Waals surface area contributed by atoms with E-state index in [0.29, 0.717) is 36.5 Å². The van der Waals surface area contributed by atoms with E-state index in [0.717, 1.165) is 16.9 Å². The van der Waals surface area contributed by atoms with Crippen molar-refractivity contribution in [3.63, 3.8) is 0 Å². The van der Waals surface area contributed by atoms with Gasteiger partial charge in [0.05, 0.1) is 16.8 Å². The number of para-hydroxylation sites is 1. The molecule has 0 unspecified atom stereocenters. The number of fused-ring (bicyclic) bond motifs is 1. The first-order chi connectivity index (χ1) is 13.7. The number of halogens is 1. The number of hydrogen-bond donors (Lipinski definition) is 0. The zero-order valence-electron chi connectivity index (χ0n) is 15.8. The minimum Gasteiger partial charge on any atom is -0.380 e. The number of nitrogens with zero attached hydrogens (tertiary/aromatic N) is 2. The van der Waals surface area contributed by atoms with E-state index in [-0.39, 0.29) is 11.7 Å². The van der Waals surface area contributed by atoms with Crippen molar-refractivity contribution >= 4 is 39.2 Å². The van der Waals surface area contributed by atoms with Crippen LogP contribution in [0.2, 0.25) is 0 Å².